The lowest BCUT2D eigenvalue weighted by atomic mass is 10.0. The van der Waals surface area contributed by atoms with Crippen LogP contribution < -0.4 is 10.6 Å². The lowest BCUT2D eigenvalue weighted by Gasteiger charge is -2.27. The molecule has 0 fully saturated rings. The van der Waals surface area contributed by atoms with Crippen LogP contribution in [0.5, 0.6) is 0 Å². The van der Waals surface area contributed by atoms with Crippen molar-refractivity contribution in [3.63, 3.8) is 0 Å². The number of fused-ring (bicyclic) bond motifs is 3. The van der Waals surface area contributed by atoms with E-state index in [-0.39, 0.29) is 41.8 Å². The maximum atomic E-state index is 13.3. The van der Waals surface area contributed by atoms with Crippen molar-refractivity contribution >= 4 is 35.0 Å². The van der Waals surface area contributed by atoms with Gasteiger partial charge in [-0.05, 0) is 18.2 Å². The Kier molecular flexibility index (Phi) is 5.46. The number of carbonyl (C=O) groups excluding carboxylic acids is 3. The topological polar surface area (TPSA) is 96.3 Å². The molecule has 1 unspecified atom stereocenters. The molecule has 8 nitrogen and oxygen atoms in total. The molecule has 0 bridgehead atoms. The highest BCUT2D eigenvalue weighted by Gasteiger charge is 2.34. The molecule has 2 aliphatic heterocycles. The molecule has 1 aromatic heterocycles. The van der Waals surface area contributed by atoms with E-state index >= 15 is 0 Å². The lowest BCUT2D eigenvalue weighted by molar-refractivity contribution is -0.122. The number of urea groups is 1. The van der Waals surface area contributed by atoms with Crippen LogP contribution in [0.15, 0.2) is 18.2 Å². The van der Waals surface area contributed by atoms with E-state index in [2.05, 4.69) is 15.7 Å². The Morgan fingerprint density at radius 1 is 1.40 bits per heavy atom. The second kappa shape index (κ2) is 8.06. The number of hydrogen-bond donors (Lipinski definition) is 2. The number of rotatable bonds is 3. The SMILES string of the molecule is CCC(=O)C1CNC(=O)c2c3c(nn2C1)CCN(C(=O)Nc1ccc(F)c(Cl)c1)C3. The fourth-order valence-corrected chi connectivity index (χ4v) is 4.02. The number of Topliss-reactive ketones (excluding diaryl/α,β-unsaturated/α-hetero) is 1. The third-order valence-corrected chi connectivity index (χ3v) is 5.77. The summed E-state index contributed by atoms with van der Waals surface area (Å²) in [6.45, 7) is 3.05. The highest BCUT2D eigenvalue weighted by Crippen LogP contribution is 2.26. The summed E-state index contributed by atoms with van der Waals surface area (Å²) in [5.41, 5.74) is 2.23. The highest BCUT2D eigenvalue weighted by molar-refractivity contribution is 6.31. The summed E-state index contributed by atoms with van der Waals surface area (Å²) in [5.74, 6) is -1.09. The highest BCUT2D eigenvalue weighted by atomic mass is 35.5. The Labute approximate surface area is 177 Å². The molecule has 2 aromatic rings. The smallest absolute Gasteiger partial charge is 0.322 e. The molecule has 3 heterocycles. The Bertz CT molecular complexity index is 1040. The van der Waals surface area contributed by atoms with Gasteiger partial charge in [0.25, 0.3) is 5.91 Å². The summed E-state index contributed by atoms with van der Waals surface area (Å²) >= 11 is 5.77. The van der Waals surface area contributed by atoms with Crippen molar-refractivity contribution in [3.05, 3.63) is 46.0 Å². The molecule has 3 amide bonds. The van der Waals surface area contributed by atoms with Gasteiger partial charge in [0.15, 0.2) is 0 Å². The van der Waals surface area contributed by atoms with E-state index in [1.807, 2.05) is 0 Å². The van der Waals surface area contributed by atoms with E-state index in [1.165, 1.54) is 18.2 Å². The summed E-state index contributed by atoms with van der Waals surface area (Å²) in [5, 5.41) is 9.98. The van der Waals surface area contributed by atoms with Crippen LogP contribution in [0.3, 0.4) is 0 Å². The van der Waals surface area contributed by atoms with Crippen LogP contribution >= 0.6 is 11.6 Å². The minimum atomic E-state index is -0.564. The van der Waals surface area contributed by atoms with Crippen LogP contribution in [0, 0.1) is 11.7 Å². The third kappa shape index (κ3) is 3.77. The average molecular weight is 434 g/mol. The van der Waals surface area contributed by atoms with Crippen LogP contribution in [0.1, 0.15) is 35.1 Å². The van der Waals surface area contributed by atoms with Crippen molar-refractivity contribution in [1.82, 2.24) is 20.0 Å². The molecule has 1 atom stereocenters. The fourth-order valence-electron chi connectivity index (χ4n) is 3.84. The molecule has 0 saturated heterocycles. The summed E-state index contributed by atoms with van der Waals surface area (Å²) in [7, 11) is 0. The minimum absolute atomic E-state index is 0.0792. The molecule has 2 aliphatic rings. The maximum absolute atomic E-state index is 13.3. The number of carbonyl (C=O) groups is 3. The number of halogens is 2. The quantitative estimate of drug-likeness (QED) is 0.777. The molecular weight excluding hydrogens is 413 g/mol. The Hall–Kier alpha value is -2.94. The van der Waals surface area contributed by atoms with Crippen molar-refractivity contribution in [2.45, 2.75) is 32.9 Å². The number of nitrogens with zero attached hydrogens (tertiary/aromatic N) is 3. The number of ketones is 1. The van der Waals surface area contributed by atoms with Gasteiger partial charge >= 0.3 is 6.03 Å². The van der Waals surface area contributed by atoms with Gasteiger partial charge in [0.05, 0.1) is 29.7 Å². The number of aromatic nitrogens is 2. The van der Waals surface area contributed by atoms with Gasteiger partial charge in [-0.25, -0.2) is 9.18 Å². The van der Waals surface area contributed by atoms with E-state index in [1.54, 1.807) is 16.5 Å². The molecule has 4 rings (SSSR count). The van der Waals surface area contributed by atoms with Crippen molar-refractivity contribution in [2.75, 3.05) is 18.4 Å². The fraction of sp³-hybridized carbons (Fsp3) is 0.400. The molecule has 0 radical (unpaired) electrons. The zero-order valence-corrected chi connectivity index (χ0v) is 17.1. The molecule has 10 heteroatoms. The number of amides is 3. The average Bonchev–Trinajstić information content (AvgIpc) is 3.01. The predicted molar refractivity (Wildman–Crippen MR) is 108 cm³/mol. The predicted octanol–water partition coefficient (Wildman–Crippen LogP) is 2.60. The van der Waals surface area contributed by atoms with Gasteiger partial charge in [0.1, 0.15) is 17.3 Å². The molecule has 0 aliphatic carbocycles. The normalized spacial score (nSPS) is 18.2. The van der Waals surface area contributed by atoms with Crippen LogP contribution in [-0.2, 0) is 24.3 Å². The zero-order valence-electron chi connectivity index (χ0n) is 16.4. The Morgan fingerprint density at radius 2 is 2.20 bits per heavy atom. The molecule has 2 N–H and O–H groups in total. The number of nitrogens with one attached hydrogen (secondary N) is 2. The summed E-state index contributed by atoms with van der Waals surface area (Å²) in [6.07, 6.45) is 0.894. The molecule has 0 spiro atoms. The molecule has 0 saturated carbocycles. The first-order chi connectivity index (χ1) is 14.4. The van der Waals surface area contributed by atoms with Gasteiger partial charge in [0, 0.05) is 37.2 Å². The van der Waals surface area contributed by atoms with Gasteiger partial charge in [-0.2, -0.15) is 5.10 Å². The van der Waals surface area contributed by atoms with Crippen LogP contribution in [0.25, 0.3) is 0 Å². The van der Waals surface area contributed by atoms with Gasteiger partial charge in [-0.15, -0.1) is 0 Å². The number of hydrogen-bond acceptors (Lipinski definition) is 4. The largest absolute Gasteiger partial charge is 0.350 e. The molecule has 1 aromatic carbocycles. The van der Waals surface area contributed by atoms with Crippen LogP contribution in [0.2, 0.25) is 5.02 Å². The molecular formula is C20H21ClFN5O3. The van der Waals surface area contributed by atoms with Gasteiger partial charge in [0.2, 0.25) is 0 Å². The van der Waals surface area contributed by atoms with Crippen molar-refractivity contribution in [1.29, 1.82) is 0 Å². The Morgan fingerprint density at radius 3 is 2.93 bits per heavy atom. The summed E-state index contributed by atoms with van der Waals surface area (Å²) in [6, 6.07) is 3.58. The molecule has 158 valence electrons. The minimum Gasteiger partial charge on any atom is -0.350 e. The molecule has 30 heavy (non-hydrogen) atoms. The van der Waals surface area contributed by atoms with Crippen molar-refractivity contribution in [2.24, 2.45) is 5.92 Å². The van der Waals surface area contributed by atoms with Gasteiger partial charge in [-0.3, -0.25) is 14.3 Å². The van der Waals surface area contributed by atoms with Crippen LogP contribution in [-0.4, -0.2) is 45.5 Å². The van der Waals surface area contributed by atoms with Crippen molar-refractivity contribution < 1.29 is 18.8 Å². The van der Waals surface area contributed by atoms with Crippen LogP contribution in [0.4, 0.5) is 14.9 Å². The first-order valence-electron chi connectivity index (χ1n) is 9.77. The van der Waals surface area contributed by atoms with E-state index in [4.69, 9.17) is 11.6 Å². The zero-order chi connectivity index (χ0) is 21.4. The number of anilines is 1. The monoisotopic (exact) mass is 433 g/mol. The van der Waals surface area contributed by atoms with E-state index in [9.17, 15) is 18.8 Å². The van der Waals surface area contributed by atoms with Crippen molar-refractivity contribution in [3.8, 4) is 0 Å². The van der Waals surface area contributed by atoms with E-state index < -0.39 is 5.82 Å². The summed E-state index contributed by atoms with van der Waals surface area (Å²) in [4.78, 5) is 39.1. The lowest BCUT2D eigenvalue weighted by Crippen LogP contribution is -2.39. The van der Waals surface area contributed by atoms with Gasteiger partial charge < -0.3 is 15.5 Å². The second-order valence-electron chi connectivity index (χ2n) is 7.41. The van der Waals surface area contributed by atoms with E-state index in [0.717, 1.165) is 5.69 Å². The first-order valence-corrected chi connectivity index (χ1v) is 10.2. The standard InChI is InChI=1S/C20H21ClFN5O3/c1-2-17(28)11-8-23-19(29)18-13-10-26(6-5-16(13)25-27(18)9-11)20(30)24-12-3-4-15(22)14(21)7-12/h3-4,7,11H,2,5-6,8-10H2,1H3,(H,23,29)(H,24,30). The third-order valence-electron chi connectivity index (χ3n) is 5.48. The first kappa shape index (κ1) is 20.3. The summed E-state index contributed by atoms with van der Waals surface area (Å²) < 4.78 is 14.9. The second-order valence-corrected chi connectivity index (χ2v) is 7.82. The number of benzene rings is 1. The Balaban J connectivity index is 1.54. The van der Waals surface area contributed by atoms with Gasteiger partial charge in [-0.1, -0.05) is 18.5 Å². The van der Waals surface area contributed by atoms with E-state index in [0.29, 0.717) is 42.9 Å². The maximum Gasteiger partial charge on any atom is 0.322 e.